The first kappa shape index (κ1) is 18.4. The van der Waals surface area contributed by atoms with Crippen molar-refractivity contribution in [3.8, 4) is 0 Å². The molecule has 3 heterocycles. The van der Waals surface area contributed by atoms with E-state index in [-0.39, 0.29) is 5.91 Å². The van der Waals surface area contributed by atoms with Crippen LogP contribution in [0, 0.1) is 0 Å². The first-order valence-electron chi connectivity index (χ1n) is 8.74. The Labute approximate surface area is 157 Å². The highest BCUT2D eigenvalue weighted by molar-refractivity contribution is 7.99. The maximum atomic E-state index is 11.3. The van der Waals surface area contributed by atoms with Gasteiger partial charge in [0.15, 0.2) is 5.16 Å². The minimum Gasteiger partial charge on any atom is -0.365 e. The number of thioether (sulfide) groups is 1. The summed E-state index contributed by atoms with van der Waals surface area (Å²) < 4.78 is 0. The summed E-state index contributed by atoms with van der Waals surface area (Å²) in [6, 6.07) is 4.24. The quantitative estimate of drug-likeness (QED) is 0.430. The van der Waals surface area contributed by atoms with E-state index in [4.69, 9.17) is 5.73 Å². The second-order valence-corrected chi connectivity index (χ2v) is 8.45. The molecule has 25 heavy (non-hydrogen) atoms. The fraction of sp³-hybridized carbons (Fsp3) is 0.500. The largest absolute Gasteiger partial charge is 0.365 e. The maximum absolute atomic E-state index is 11.3. The maximum Gasteiger partial charge on any atom is 0.258 e. The number of amides is 1. The van der Waals surface area contributed by atoms with Crippen LogP contribution in [0.2, 0.25) is 0 Å². The minimum absolute atomic E-state index is 0.342. The molecule has 1 aliphatic rings. The molecule has 1 fully saturated rings. The van der Waals surface area contributed by atoms with E-state index in [1.165, 1.54) is 35.5 Å². The molecule has 1 amide bonds. The molecule has 0 radical (unpaired) electrons. The van der Waals surface area contributed by atoms with E-state index in [0.717, 1.165) is 36.0 Å². The second-order valence-electron chi connectivity index (χ2n) is 6.27. The summed E-state index contributed by atoms with van der Waals surface area (Å²) in [5, 5.41) is 0.861. The third kappa shape index (κ3) is 4.80. The van der Waals surface area contributed by atoms with Crippen LogP contribution in [0.3, 0.4) is 0 Å². The van der Waals surface area contributed by atoms with E-state index in [9.17, 15) is 4.79 Å². The van der Waals surface area contributed by atoms with Crippen molar-refractivity contribution in [1.29, 1.82) is 0 Å². The molecule has 1 atom stereocenters. The zero-order chi connectivity index (χ0) is 17.6. The van der Waals surface area contributed by atoms with Crippen molar-refractivity contribution in [1.82, 2.24) is 14.9 Å². The van der Waals surface area contributed by atoms with Crippen LogP contribution in [0.15, 0.2) is 29.7 Å². The predicted octanol–water partition coefficient (Wildman–Crippen LogP) is 3.87. The van der Waals surface area contributed by atoms with Crippen molar-refractivity contribution < 1.29 is 4.79 Å². The van der Waals surface area contributed by atoms with E-state index in [1.807, 2.05) is 24.5 Å². The van der Waals surface area contributed by atoms with Crippen LogP contribution in [-0.4, -0.2) is 33.1 Å². The molecular formula is C18H24N4OS2. The van der Waals surface area contributed by atoms with Gasteiger partial charge in [0.2, 0.25) is 0 Å². The molecule has 0 bridgehead atoms. The average Bonchev–Trinajstić information content (AvgIpc) is 3.25. The molecule has 1 unspecified atom stereocenters. The molecule has 2 aromatic heterocycles. The van der Waals surface area contributed by atoms with Crippen molar-refractivity contribution in [2.75, 3.05) is 12.3 Å². The van der Waals surface area contributed by atoms with Gasteiger partial charge in [-0.1, -0.05) is 25.1 Å². The Morgan fingerprint density at radius 3 is 2.88 bits per heavy atom. The van der Waals surface area contributed by atoms with Crippen LogP contribution in [-0.2, 0) is 6.54 Å². The smallest absolute Gasteiger partial charge is 0.258 e. The lowest BCUT2D eigenvalue weighted by molar-refractivity contribution is 0.100. The molecule has 0 aliphatic carbocycles. The lowest BCUT2D eigenvalue weighted by Gasteiger charge is -2.23. The monoisotopic (exact) mass is 376 g/mol. The zero-order valence-electron chi connectivity index (χ0n) is 14.5. The summed E-state index contributed by atoms with van der Waals surface area (Å²) in [6.45, 7) is 4.09. The molecule has 7 heteroatoms. The fourth-order valence-electron chi connectivity index (χ4n) is 3.04. The molecule has 0 saturated carbocycles. The number of nitrogens with zero attached hydrogens (tertiary/aromatic N) is 3. The van der Waals surface area contributed by atoms with Crippen LogP contribution in [0.4, 0.5) is 0 Å². The summed E-state index contributed by atoms with van der Waals surface area (Å²) in [6.07, 6.45) is 8.56. The number of thiophene rings is 1. The zero-order valence-corrected chi connectivity index (χ0v) is 16.1. The molecule has 0 aromatic carbocycles. The summed E-state index contributed by atoms with van der Waals surface area (Å²) in [5.41, 5.74) is 6.52. The van der Waals surface area contributed by atoms with Gasteiger partial charge in [-0.2, -0.15) is 0 Å². The Kier molecular flexibility index (Phi) is 6.45. The number of rotatable bonds is 8. The number of carbonyl (C=O) groups is 1. The van der Waals surface area contributed by atoms with Gasteiger partial charge in [0, 0.05) is 41.2 Å². The first-order chi connectivity index (χ1) is 12.2. The Bertz CT molecular complexity index is 701. The lowest BCUT2D eigenvalue weighted by atomic mass is 10.2. The van der Waals surface area contributed by atoms with Gasteiger partial charge in [0.05, 0.1) is 4.88 Å². The second kappa shape index (κ2) is 8.78. The van der Waals surface area contributed by atoms with Gasteiger partial charge in [0.1, 0.15) is 0 Å². The van der Waals surface area contributed by atoms with E-state index in [1.54, 1.807) is 11.8 Å². The van der Waals surface area contributed by atoms with Gasteiger partial charge < -0.3 is 5.73 Å². The van der Waals surface area contributed by atoms with Crippen molar-refractivity contribution in [2.45, 2.75) is 50.4 Å². The summed E-state index contributed by atoms with van der Waals surface area (Å²) in [4.78, 5) is 24.6. The van der Waals surface area contributed by atoms with Gasteiger partial charge in [-0.25, -0.2) is 9.97 Å². The van der Waals surface area contributed by atoms with Crippen LogP contribution >= 0.6 is 23.1 Å². The normalized spacial score (nSPS) is 17.9. The van der Waals surface area contributed by atoms with E-state index in [0.29, 0.717) is 10.9 Å². The number of primary amides is 1. The first-order valence-corrected chi connectivity index (χ1v) is 10.5. The van der Waals surface area contributed by atoms with Crippen molar-refractivity contribution >= 4 is 29.0 Å². The predicted molar refractivity (Wildman–Crippen MR) is 103 cm³/mol. The average molecular weight is 377 g/mol. The molecule has 1 aliphatic heterocycles. The standard InChI is InChI=1S/C18H24N4OS2/c1-2-3-9-24-18-20-10-13(11-21-18)12-22-8-4-5-14(22)15-6-7-16(25-15)17(19)23/h6-7,10-11,14H,2-5,8-9,12H2,1H3,(H2,19,23). The Balaban J connectivity index is 1.62. The Hall–Kier alpha value is -1.44. The topological polar surface area (TPSA) is 72.1 Å². The number of unbranched alkanes of at least 4 members (excludes halogenated alkanes) is 1. The van der Waals surface area contributed by atoms with Crippen LogP contribution in [0.5, 0.6) is 0 Å². The van der Waals surface area contributed by atoms with Gasteiger partial charge in [-0.15, -0.1) is 11.3 Å². The highest BCUT2D eigenvalue weighted by Crippen LogP contribution is 2.36. The van der Waals surface area contributed by atoms with Crippen LogP contribution in [0.25, 0.3) is 0 Å². The highest BCUT2D eigenvalue weighted by Gasteiger charge is 2.27. The third-order valence-electron chi connectivity index (χ3n) is 4.36. The molecule has 2 aromatic rings. The van der Waals surface area contributed by atoms with Gasteiger partial charge >= 0.3 is 0 Å². The van der Waals surface area contributed by atoms with Crippen molar-refractivity contribution in [3.05, 3.63) is 39.8 Å². The molecular weight excluding hydrogens is 352 g/mol. The van der Waals surface area contributed by atoms with E-state index < -0.39 is 0 Å². The van der Waals surface area contributed by atoms with E-state index in [2.05, 4.69) is 21.8 Å². The molecule has 3 rings (SSSR count). The van der Waals surface area contributed by atoms with E-state index >= 15 is 0 Å². The van der Waals surface area contributed by atoms with Crippen molar-refractivity contribution in [2.24, 2.45) is 5.73 Å². The number of likely N-dealkylation sites (tertiary alicyclic amines) is 1. The molecule has 0 spiro atoms. The molecule has 2 N–H and O–H groups in total. The van der Waals surface area contributed by atoms with Gasteiger partial charge in [0.25, 0.3) is 5.91 Å². The SMILES string of the molecule is CCCCSc1ncc(CN2CCCC2c2ccc(C(N)=O)s2)cn1. The number of carbonyl (C=O) groups excluding carboxylic acids is 1. The van der Waals surface area contributed by atoms with Crippen LogP contribution < -0.4 is 5.73 Å². The number of aromatic nitrogens is 2. The Morgan fingerprint density at radius 1 is 1.40 bits per heavy atom. The summed E-state index contributed by atoms with van der Waals surface area (Å²) >= 11 is 3.24. The van der Waals surface area contributed by atoms with Crippen molar-refractivity contribution in [3.63, 3.8) is 0 Å². The molecule has 1 saturated heterocycles. The summed E-state index contributed by atoms with van der Waals surface area (Å²) in [7, 11) is 0. The fourth-order valence-corrected chi connectivity index (χ4v) is 4.94. The lowest BCUT2D eigenvalue weighted by Crippen LogP contribution is -2.22. The summed E-state index contributed by atoms with van der Waals surface area (Å²) in [5.74, 6) is 0.732. The third-order valence-corrected chi connectivity index (χ3v) is 6.52. The van der Waals surface area contributed by atoms with Gasteiger partial charge in [-0.3, -0.25) is 9.69 Å². The Morgan fingerprint density at radius 2 is 2.20 bits per heavy atom. The van der Waals surface area contributed by atoms with Crippen LogP contribution in [0.1, 0.15) is 58.8 Å². The number of nitrogens with two attached hydrogens (primary N) is 1. The van der Waals surface area contributed by atoms with Gasteiger partial charge in [-0.05, 0) is 37.9 Å². The number of hydrogen-bond acceptors (Lipinski definition) is 6. The molecule has 5 nitrogen and oxygen atoms in total. The molecule has 134 valence electrons. The number of hydrogen-bond donors (Lipinski definition) is 1. The minimum atomic E-state index is -0.342. The highest BCUT2D eigenvalue weighted by atomic mass is 32.2.